The number of methoxy groups -OCH3 is 1. The molecule has 0 saturated carbocycles. The number of benzene rings is 1. The van der Waals surface area contributed by atoms with Gasteiger partial charge in [0, 0.05) is 29.4 Å². The van der Waals surface area contributed by atoms with Gasteiger partial charge >= 0.3 is 0 Å². The Morgan fingerprint density at radius 1 is 1.14 bits per heavy atom. The first-order valence-electron chi connectivity index (χ1n) is 9.22. The summed E-state index contributed by atoms with van der Waals surface area (Å²) in [6.07, 6.45) is 1.94. The first kappa shape index (κ1) is 21.2. The van der Waals surface area contributed by atoms with Crippen LogP contribution in [0, 0.1) is 6.92 Å². The molecule has 1 aromatic carbocycles. The number of aromatic amines is 1. The van der Waals surface area contributed by atoms with Gasteiger partial charge in [-0.15, -0.1) is 0 Å². The largest absolute Gasteiger partial charge is 0.495 e. The van der Waals surface area contributed by atoms with Gasteiger partial charge < -0.3 is 14.6 Å². The molecule has 0 fully saturated rings. The van der Waals surface area contributed by atoms with Crippen molar-refractivity contribution in [3.63, 3.8) is 0 Å². The number of hydrogen-bond acceptors (Lipinski definition) is 5. The van der Waals surface area contributed by atoms with Gasteiger partial charge in [-0.1, -0.05) is 48.8 Å². The fourth-order valence-electron chi connectivity index (χ4n) is 3.10. The average molecular weight is 439 g/mol. The second kappa shape index (κ2) is 9.35. The SMILES string of the molecule is CCN(CC)CCSc1nc(-c2cc(OC)c(Cl)cc2Cl)c2c(C)c[nH]c2n1. The van der Waals surface area contributed by atoms with Crippen LogP contribution in [-0.2, 0) is 0 Å². The van der Waals surface area contributed by atoms with Crippen molar-refractivity contribution in [2.24, 2.45) is 0 Å². The summed E-state index contributed by atoms with van der Waals surface area (Å²) in [5.74, 6) is 1.49. The van der Waals surface area contributed by atoms with Gasteiger partial charge in [-0.2, -0.15) is 0 Å². The summed E-state index contributed by atoms with van der Waals surface area (Å²) >= 11 is 14.4. The number of hydrogen-bond donors (Lipinski definition) is 1. The van der Waals surface area contributed by atoms with Gasteiger partial charge in [-0.3, -0.25) is 0 Å². The molecule has 150 valence electrons. The van der Waals surface area contributed by atoms with Crippen LogP contribution >= 0.6 is 35.0 Å². The third-order valence-corrected chi connectivity index (χ3v) is 6.17. The van der Waals surface area contributed by atoms with Gasteiger partial charge in [0.05, 0.1) is 22.8 Å². The summed E-state index contributed by atoms with van der Waals surface area (Å²) in [6, 6.07) is 3.53. The van der Waals surface area contributed by atoms with Crippen LogP contribution in [0.4, 0.5) is 0 Å². The number of nitrogens with one attached hydrogen (secondary N) is 1. The van der Waals surface area contributed by atoms with E-state index in [1.165, 1.54) is 0 Å². The highest BCUT2D eigenvalue weighted by molar-refractivity contribution is 7.99. The second-order valence-corrected chi connectivity index (χ2v) is 8.27. The van der Waals surface area contributed by atoms with Crippen molar-refractivity contribution >= 4 is 46.0 Å². The molecular formula is C20H24Cl2N4OS. The molecule has 0 spiro atoms. The maximum atomic E-state index is 6.52. The van der Waals surface area contributed by atoms with Crippen LogP contribution in [-0.4, -0.2) is 52.3 Å². The summed E-state index contributed by atoms with van der Waals surface area (Å²) < 4.78 is 5.38. The number of ether oxygens (including phenoxy) is 1. The molecule has 0 aliphatic rings. The molecule has 5 nitrogen and oxygen atoms in total. The Bertz CT molecular complexity index is 972. The van der Waals surface area contributed by atoms with Crippen LogP contribution in [0.5, 0.6) is 5.75 Å². The first-order valence-corrected chi connectivity index (χ1v) is 11.0. The Morgan fingerprint density at radius 3 is 2.57 bits per heavy atom. The quantitative estimate of drug-likeness (QED) is 0.361. The summed E-state index contributed by atoms with van der Waals surface area (Å²) in [5.41, 5.74) is 3.44. The van der Waals surface area contributed by atoms with Crippen LogP contribution in [0.15, 0.2) is 23.5 Å². The number of nitrogens with zero attached hydrogens (tertiary/aromatic N) is 3. The lowest BCUT2D eigenvalue weighted by atomic mass is 10.1. The zero-order chi connectivity index (χ0) is 20.3. The number of aryl methyl sites for hydroxylation is 1. The van der Waals surface area contributed by atoms with Crippen molar-refractivity contribution in [2.75, 3.05) is 32.5 Å². The molecule has 0 aliphatic carbocycles. The molecule has 3 aromatic rings. The maximum absolute atomic E-state index is 6.52. The molecule has 28 heavy (non-hydrogen) atoms. The minimum atomic E-state index is 0.473. The minimum Gasteiger partial charge on any atom is -0.495 e. The fraction of sp³-hybridized carbons (Fsp3) is 0.400. The van der Waals surface area contributed by atoms with Crippen molar-refractivity contribution in [3.05, 3.63) is 33.9 Å². The Kier molecular flexibility index (Phi) is 7.10. The monoisotopic (exact) mass is 438 g/mol. The van der Waals surface area contributed by atoms with Crippen molar-refractivity contribution in [1.29, 1.82) is 0 Å². The molecule has 0 atom stereocenters. The maximum Gasteiger partial charge on any atom is 0.190 e. The van der Waals surface area contributed by atoms with E-state index in [0.717, 1.165) is 58.4 Å². The van der Waals surface area contributed by atoms with Crippen molar-refractivity contribution in [2.45, 2.75) is 25.9 Å². The Morgan fingerprint density at radius 2 is 1.89 bits per heavy atom. The van der Waals surface area contributed by atoms with E-state index in [9.17, 15) is 0 Å². The van der Waals surface area contributed by atoms with Gasteiger partial charge in [0.1, 0.15) is 11.4 Å². The van der Waals surface area contributed by atoms with Crippen molar-refractivity contribution in [3.8, 4) is 17.0 Å². The van der Waals surface area contributed by atoms with E-state index in [-0.39, 0.29) is 0 Å². The van der Waals surface area contributed by atoms with Gasteiger partial charge in [0.15, 0.2) is 5.16 Å². The zero-order valence-electron chi connectivity index (χ0n) is 16.5. The highest BCUT2D eigenvalue weighted by atomic mass is 35.5. The lowest BCUT2D eigenvalue weighted by Gasteiger charge is -2.17. The predicted molar refractivity (Wildman–Crippen MR) is 119 cm³/mol. The van der Waals surface area contributed by atoms with E-state index in [2.05, 4.69) is 23.7 Å². The molecule has 0 amide bonds. The van der Waals surface area contributed by atoms with Crippen LogP contribution < -0.4 is 4.74 Å². The lowest BCUT2D eigenvalue weighted by molar-refractivity contribution is 0.324. The van der Waals surface area contributed by atoms with E-state index in [1.807, 2.05) is 19.2 Å². The van der Waals surface area contributed by atoms with Gasteiger partial charge in [0.2, 0.25) is 0 Å². The molecule has 0 bridgehead atoms. The highest BCUT2D eigenvalue weighted by Crippen LogP contribution is 2.39. The Hall–Kier alpha value is -1.47. The standard InChI is InChI=1S/C20H24Cl2N4OS/c1-5-26(6-2)7-8-28-20-24-18(17-12(3)11-23-19(17)25-20)13-9-16(27-4)15(22)10-14(13)21/h9-11H,5-8H2,1-4H3,(H,23,24,25). The van der Waals surface area contributed by atoms with E-state index >= 15 is 0 Å². The third-order valence-electron chi connectivity index (χ3n) is 4.74. The Balaban J connectivity index is 2.03. The Labute approximate surface area is 179 Å². The molecule has 2 heterocycles. The topological polar surface area (TPSA) is 54.0 Å². The molecule has 0 aliphatic heterocycles. The number of H-pyrrole nitrogens is 1. The van der Waals surface area contributed by atoms with Crippen LogP contribution in [0.25, 0.3) is 22.3 Å². The zero-order valence-corrected chi connectivity index (χ0v) is 18.8. The molecule has 0 saturated heterocycles. The lowest BCUT2D eigenvalue weighted by Crippen LogP contribution is -2.25. The summed E-state index contributed by atoms with van der Waals surface area (Å²) in [5, 5.41) is 2.69. The number of rotatable bonds is 8. The minimum absolute atomic E-state index is 0.473. The van der Waals surface area contributed by atoms with Crippen molar-refractivity contribution < 1.29 is 4.74 Å². The van der Waals surface area contributed by atoms with Gasteiger partial charge in [-0.25, -0.2) is 9.97 Å². The van der Waals surface area contributed by atoms with Gasteiger partial charge in [-0.05, 0) is 37.7 Å². The fourth-order valence-corrected chi connectivity index (χ4v) is 4.49. The number of halogens is 2. The van der Waals surface area contributed by atoms with E-state index < -0.39 is 0 Å². The van der Waals surface area contributed by atoms with Crippen LogP contribution in [0.3, 0.4) is 0 Å². The summed E-state index contributed by atoms with van der Waals surface area (Å²) in [7, 11) is 1.59. The highest BCUT2D eigenvalue weighted by Gasteiger charge is 2.18. The molecule has 1 N–H and O–H groups in total. The molecular weight excluding hydrogens is 415 g/mol. The smallest absolute Gasteiger partial charge is 0.190 e. The predicted octanol–water partition coefficient (Wildman–Crippen LogP) is 5.68. The second-order valence-electron chi connectivity index (χ2n) is 6.39. The van der Waals surface area contributed by atoms with Crippen LogP contribution in [0.1, 0.15) is 19.4 Å². The van der Waals surface area contributed by atoms with E-state index in [4.69, 9.17) is 37.9 Å². The number of fused-ring (bicyclic) bond motifs is 1. The molecule has 0 unspecified atom stereocenters. The number of thioether (sulfide) groups is 1. The molecule has 8 heteroatoms. The first-order chi connectivity index (χ1) is 13.5. The van der Waals surface area contributed by atoms with E-state index in [1.54, 1.807) is 24.9 Å². The molecule has 3 rings (SSSR count). The third kappa shape index (κ3) is 4.40. The number of aromatic nitrogens is 3. The molecule has 2 aromatic heterocycles. The van der Waals surface area contributed by atoms with Gasteiger partial charge in [0.25, 0.3) is 0 Å². The summed E-state index contributed by atoms with van der Waals surface area (Å²) in [6.45, 7) is 9.45. The summed E-state index contributed by atoms with van der Waals surface area (Å²) in [4.78, 5) is 15.2. The molecule has 0 radical (unpaired) electrons. The van der Waals surface area contributed by atoms with E-state index in [0.29, 0.717) is 15.8 Å². The van der Waals surface area contributed by atoms with Crippen molar-refractivity contribution in [1.82, 2.24) is 19.9 Å². The average Bonchev–Trinajstić information content (AvgIpc) is 3.06. The van der Waals surface area contributed by atoms with Crippen LogP contribution in [0.2, 0.25) is 10.0 Å². The normalized spacial score (nSPS) is 11.5.